The van der Waals surface area contributed by atoms with Crippen LogP contribution in [0.15, 0.2) is 0 Å². The van der Waals surface area contributed by atoms with Crippen molar-refractivity contribution in [3.05, 3.63) is 0 Å². The SMILES string of the molecule is CC[C@@H](NC(=O)CCCC[C@H]1SC[C@H]2NC(=O)N[C@@H]21)C(=O)O. The number of hydrogen-bond donors (Lipinski definition) is 4. The Kier molecular flexibility index (Phi) is 5.93. The summed E-state index contributed by atoms with van der Waals surface area (Å²) in [6.07, 6.45) is 3.32. The third-order valence-electron chi connectivity index (χ3n) is 4.12. The average Bonchev–Trinajstić information content (AvgIpc) is 3.00. The lowest BCUT2D eigenvalue weighted by Gasteiger charge is -2.16. The van der Waals surface area contributed by atoms with Crippen LogP contribution in [-0.2, 0) is 9.59 Å². The van der Waals surface area contributed by atoms with Crippen LogP contribution < -0.4 is 16.0 Å². The molecule has 0 aromatic heterocycles. The zero-order valence-electron chi connectivity index (χ0n) is 12.6. The van der Waals surface area contributed by atoms with Crippen LogP contribution in [0.4, 0.5) is 4.79 Å². The van der Waals surface area contributed by atoms with Crippen LogP contribution >= 0.6 is 11.8 Å². The lowest BCUT2D eigenvalue weighted by atomic mass is 10.0. The fourth-order valence-corrected chi connectivity index (χ4v) is 4.42. The number of unbranched alkanes of at least 4 members (excludes halogenated alkanes) is 1. The van der Waals surface area contributed by atoms with Gasteiger partial charge in [-0.2, -0.15) is 11.8 Å². The van der Waals surface area contributed by atoms with Crippen LogP contribution in [0.5, 0.6) is 0 Å². The van der Waals surface area contributed by atoms with E-state index in [1.165, 1.54) is 0 Å². The van der Waals surface area contributed by atoms with Crippen LogP contribution in [0, 0.1) is 0 Å². The van der Waals surface area contributed by atoms with Gasteiger partial charge in [0.15, 0.2) is 0 Å². The van der Waals surface area contributed by atoms with E-state index in [1.54, 1.807) is 6.92 Å². The second-order valence-corrected chi connectivity index (χ2v) is 7.01. The molecular weight excluding hydrogens is 306 g/mol. The molecule has 22 heavy (non-hydrogen) atoms. The van der Waals surface area contributed by atoms with Crippen LogP contribution in [0.1, 0.15) is 39.0 Å². The number of fused-ring (bicyclic) bond motifs is 1. The molecule has 124 valence electrons. The minimum Gasteiger partial charge on any atom is -0.480 e. The van der Waals surface area contributed by atoms with Gasteiger partial charge < -0.3 is 21.1 Å². The van der Waals surface area contributed by atoms with E-state index in [2.05, 4.69) is 16.0 Å². The molecule has 0 aliphatic carbocycles. The molecule has 2 aliphatic heterocycles. The second kappa shape index (κ2) is 7.71. The Bertz CT molecular complexity index is 446. The van der Waals surface area contributed by atoms with Crippen LogP contribution in [0.3, 0.4) is 0 Å². The summed E-state index contributed by atoms with van der Waals surface area (Å²) in [5, 5.41) is 17.7. The standard InChI is InChI=1S/C14H23N3O4S/c1-2-8(13(19)20)15-11(18)6-4-3-5-10-12-9(7-22-10)16-14(21)17-12/h8-10,12H,2-7H2,1H3,(H,15,18)(H,19,20)(H2,16,17,21)/t8-,9-,10-,12+/m1/s1. The molecule has 7 nitrogen and oxygen atoms in total. The first-order chi connectivity index (χ1) is 10.5. The van der Waals surface area contributed by atoms with Crippen molar-refractivity contribution in [2.24, 2.45) is 0 Å². The highest BCUT2D eigenvalue weighted by molar-refractivity contribution is 8.00. The topological polar surface area (TPSA) is 108 Å². The molecule has 0 aromatic carbocycles. The number of carboxylic acids is 1. The van der Waals surface area contributed by atoms with Crippen molar-refractivity contribution in [1.29, 1.82) is 0 Å². The third-order valence-corrected chi connectivity index (χ3v) is 5.63. The number of thioether (sulfide) groups is 1. The fraction of sp³-hybridized carbons (Fsp3) is 0.786. The van der Waals surface area contributed by atoms with Gasteiger partial charge in [-0.1, -0.05) is 13.3 Å². The number of amides is 3. The molecule has 0 aromatic rings. The van der Waals surface area contributed by atoms with Gasteiger partial charge in [0.05, 0.1) is 12.1 Å². The molecule has 8 heteroatoms. The summed E-state index contributed by atoms with van der Waals surface area (Å²) < 4.78 is 0. The van der Waals surface area contributed by atoms with E-state index in [-0.39, 0.29) is 24.0 Å². The normalized spacial score (nSPS) is 27.7. The number of aliphatic carboxylic acids is 1. The summed E-state index contributed by atoms with van der Waals surface area (Å²) >= 11 is 1.86. The maximum atomic E-state index is 11.7. The number of carboxylic acid groups (broad SMARTS) is 1. The molecular formula is C14H23N3O4S. The zero-order chi connectivity index (χ0) is 16.1. The van der Waals surface area contributed by atoms with Gasteiger partial charge in [-0.15, -0.1) is 0 Å². The third kappa shape index (κ3) is 4.28. The first kappa shape index (κ1) is 16.9. The molecule has 0 unspecified atom stereocenters. The Balaban J connectivity index is 1.62. The predicted octanol–water partition coefficient (Wildman–Crippen LogP) is 0.692. The Morgan fingerprint density at radius 3 is 2.86 bits per heavy atom. The van der Waals surface area contributed by atoms with Crippen molar-refractivity contribution >= 4 is 29.7 Å². The first-order valence-electron chi connectivity index (χ1n) is 7.72. The molecule has 2 saturated heterocycles. The number of carbonyl (C=O) groups excluding carboxylic acids is 2. The van der Waals surface area contributed by atoms with Crippen molar-refractivity contribution in [2.45, 2.75) is 62.4 Å². The van der Waals surface area contributed by atoms with Gasteiger partial charge in [-0.3, -0.25) is 4.79 Å². The molecule has 2 aliphatic rings. The minimum absolute atomic E-state index is 0.0843. The molecule has 4 N–H and O–H groups in total. The van der Waals surface area contributed by atoms with E-state index in [9.17, 15) is 14.4 Å². The summed E-state index contributed by atoms with van der Waals surface area (Å²) in [4.78, 5) is 33.8. The molecule has 0 saturated carbocycles. The lowest BCUT2D eigenvalue weighted by molar-refractivity contribution is -0.141. The molecule has 2 fully saturated rings. The Morgan fingerprint density at radius 2 is 2.18 bits per heavy atom. The maximum absolute atomic E-state index is 11.7. The minimum atomic E-state index is -0.992. The van der Waals surface area contributed by atoms with E-state index in [0.717, 1.165) is 25.0 Å². The number of urea groups is 1. The van der Waals surface area contributed by atoms with Crippen LogP contribution in [0.2, 0.25) is 0 Å². The molecule has 2 rings (SSSR count). The molecule has 0 spiro atoms. The quantitative estimate of drug-likeness (QED) is 0.387. The predicted molar refractivity (Wildman–Crippen MR) is 83.8 cm³/mol. The summed E-state index contributed by atoms with van der Waals surface area (Å²) in [7, 11) is 0. The maximum Gasteiger partial charge on any atom is 0.326 e. The highest BCUT2D eigenvalue weighted by atomic mass is 32.2. The van der Waals surface area contributed by atoms with E-state index < -0.39 is 12.0 Å². The van der Waals surface area contributed by atoms with E-state index in [4.69, 9.17) is 5.11 Å². The van der Waals surface area contributed by atoms with E-state index >= 15 is 0 Å². The monoisotopic (exact) mass is 329 g/mol. The van der Waals surface area contributed by atoms with E-state index in [1.807, 2.05) is 11.8 Å². The molecule has 0 bridgehead atoms. The van der Waals surface area contributed by atoms with Gasteiger partial charge in [0.1, 0.15) is 6.04 Å². The summed E-state index contributed by atoms with van der Waals surface area (Å²) in [6, 6.07) is -0.452. The molecule has 0 radical (unpaired) electrons. The smallest absolute Gasteiger partial charge is 0.326 e. The Hall–Kier alpha value is -1.44. The van der Waals surface area contributed by atoms with E-state index in [0.29, 0.717) is 18.1 Å². The average molecular weight is 329 g/mol. The molecule has 2 heterocycles. The van der Waals surface area contributed by atoms with Crippen LogP contribution in [-0.4, -0.2) is 52.1 Å². The largest absolute Gasteiger partial charge is 0.480 e. The molecule has 4 atom stereocenters. The van der Waals surface area contributed by atoms with Crippen molar-refractivity contribution in [3.63, 3.8) is 0 Å². The number of hydrogen-bond acceptors (Lipinski definition) is 4. The first-order valence-corrected chi connectivity index (χ1v) is 8.77. The van der Waals surface area contributed by atoms with Gasteiger partial charge in [-0.05, 0) is 19.3 Å². The van der Waals surface area contributed by atoms with Crippen molar-refractivity contribution in [1.82, 2.24) is 16.0 Å². The second-order valence-electron chi connectivity index (χ2n) is 5.73. The lowest BCUT2D eigenvalue weighted by Crippen LogP contribution is -2.40. The highest BCUT2D eigenvalue weighted by Crippen LogP contribution is 2.33. The van der Waals surface area contributed by atoms with Gasteiger partial charge in [0.25, 0.3) is 0 Å². The van der Waals surface area contributed by atoms with Gasteiger partial charge in [0, 0.05) is 17.4 Å². The molecule has 3 amide bonds. The zero-order valence-corrected chi connectivity index (χ0v) is 13.4. The van der Waals surface area contributed by atoms with Crippen molar-refractivity contribution in [3.8, 4) is 0 Å². The van der Waals surface area contributed by atoms with Crippen molar-refractivity contribution < 1.29 is 19.5 Å². The van der Waals surface area contributed by atoms with Crippen molar-refractivity contribution in [2.75, 3.05) is 5.75 Å². The number of nitrogens with one attached hydrogen (secondary N) is 3. The number of carbonyl (C=O) groups is 3. The van der Waals surface area contributed by atoms with Gasteiger partial charge >= 0.3 is 12.0 Å². The highest BCUT2D eigenvalue weighted by Gasteiger charge is 2.42. The van der Waals surface area contributed by atoms with Gasteiger partial charge in [0.2, 0.25) is 5.91 Å². The Labute approximate surface area is 134 Å². The Morgan fingerprint density at radius 1 is 1.41 bits per heavy atom. The number of rotatable bonds is 8. The summed E-state index contributed by atoms with van der Waals surface area (Å²) in [6.45, 7) is 1.73. The summed E-state index contributed by atoms with van der Waals surface area (Å²) in [5.41, 5.74) is 0. The summed E-state index contributed by atoms with van der Waals surface area (Å²) in [5.74, 6) is -0.263. The van der Waals surface area contributed by atoms with Crippen LogP contribution in [0.25, 0.3) is 0 Å². The fourth-order valence-electron chi connectivity index (χ4n) is 2.88. The van der Waals surface area contributed by atoms with Gasteiger partial charge in [-0.25, -0.2) is 9.59 Å².